The smallest absolute Gasteiger partial charge is 0.122 e. The molecule has 1 aromatic carbocycles. The Balaban J connectivity index is 1.59. The lowest BCUT2D eigenvalue weighted by molar-refractivity contribution is 0.235. The average molecular weight is 243 g/mol. The molecule has 0 fully saturated rings. The van der Waals surface area contributed by atoms with Crippen LogP contribution < -0.4 is 10.1 Å². The monoisotopic (exact) mass is 243 g/mol. The fourth-order valence-electron chi connectivity index (χ4n) is 2.28. The molecule has 0 spiro atoms. The van der Waals surface area contributed by atoms with Crippen LogP contribution in [0.15, 0.2) is 40.8 Å². The molecular formula is C15H17NO2. The number of aryl methyl sites for hydroxylation is 1. The molecule has 0 amide bonds. The van der Waals surface area contributed by atoms with Crippen molar-refractivity contribution in [3.8, 4) is 5.75 Å². The topological polar surface area (TPSA) is 34.4 Å². The molecule has 1 atom stereocenters. The first kappa shape index (κ1) is 11.4. The third kappa shape index (κ3) is 2.41. The summed E-state index contributed by atoms with van der Waals surface area (Å²) >= 11 is 0. The van der Waals surface area contributed by atoms with Crippen LogP contribution in [0.25, 0.3) is 0 Å². The molecule has 1 aromatic heterocycles. The number of ether oxygens (including phenoxy) is 1. The van der Waals surface area contributed by atoms with Gasteiger partial charge < -0.3 is 14.5 Å². The van der Waals surface area contributed by atoms with Crippen molar-refractivity contribution in [3.63, 3.8) is 0 Å². The zero-order valence-corrected chi connectivity index (χ0v) is 10.5. The maximum Gasteiger partial charge on any atom is 0.122 e. The van der Waals surface area contributed by atoms with Crippen LogP contribution in [0.5, 0.6) is 5.75 Å². The second kappa shape index (κ2) is 4.86. The van der Waals surface area contributed by atoms with E-state index in [2.05, 4.69) is 17.4 Å². The first-order valence-electron chi connectivity index (χ1n) is 6.30. The highest BCUT2D eigenvalue weighted by atomic mass is 16.5. The minimum absolute atomic E-state index is 0.352. The number of furan rings is 1. The predicted octanol–water partition coefficient (Wildman–Crippen LogP) is 2.68. The van der Waals surface area contributed by atoms with Crippen molar-refractivity contribution in [2.45, 2.75) is 25.9 Å². The standard InChI is InChI=1S/C15H17NO2/c1-11-6-7-14(18-11)9-16-13-8-12-4-2-3-5-15(12)17-10-13/h2-7,13,16H,8-10H2,1H3. The Hall–Kier alpha value is -1.74. The van der Waals surface area contributed by atoms with Crippen molar-refractivity contribution in [2.75, 3.05) is 6.61 Å². The highest BCUT2D eigenvalue weighted by Crippen LogP contribution is 2.24. The summed E-state index contributed by atoms with van der Waals surface area (Å²) in [6.45, 7) is 3.43. The zero-order valence-electron chi connectivity index (χ0n) is 10.5. The Morgan fingerprint density at radius 2 is 2.11 bits per heavy atom. The minimum atomic E-state index is 0.352. The molecule has 1 N–H and O–H groups in total. The normalized spacial score (nSPS) is 18.2. The van der Waals surface area contributed by atoms with E-state index in [1.54, 1.807) is 0 Å². The fraction of sp³-hybridized carbons (Fsp3) is 0.333. The summed E-state index contributed by atoms with van der Waals surface area (Å²) in [5.74, 6) is 2.95. The van der Waals surface area contributed by atoms with E-state index in [9.17, 15) is 0 Å². The Morgan fingerprint density at radius 1 is 1.22 bits per heavy atom. The molecule has 1 unspecified atom stereocenters. The van der Waals surface area contributed by atoms with Gasteiger partial charge >= 0.3 is 0 Å². The Morgan fingerprint density at radius 3 is 2.94 bits per heavy atom. The molecule has 3 rings (SSSR count). The highest BCUT2D eigenvalue weighted by molar-refractivity contribution is 5.35. The molecular weight excluding hydrogens is 226 g/mol. The molecule has 0 radical (unpaired) electrons. The van der Waals surface area contributed by atoms with Gasteiger partial charge in [-0.3, -0.25) is 0 Å². The quantitative estimate of drug-likeness (QED) is 0.900. The van der Waals surface area contributed by atoms with Gasteiger partial charge in [0.05, 0.1) is 6.54 Å². The van der Waals surface area contributed by atoms with Crippen LogP contribution in [0.1, 0.15) is 17.1 Å². The van der Waals surface area contributed by atoms with Gasteiger partial charge in [-0.2, -0.15) is 0 Å². The Bertz CT molecular complexity index is 533. The van der Waals surface area contributed by atoms with Gasteiger partial charge in [-0.25, -0.2) is 0 Å². The highest BCUT2D eigenvalue weighted by Gasteiger charge is 2.18. The number of hydrogen-bond acceptors (Lipinski definition) is 3. The van der Waals surface area contributed by atoms with Gasteiger partial charge in [0.15, 0.2) is 0 Å². The molecule has 0 saturated carbocycles. The summed E-state index contributed by atoms with van der Waals surface area (Å²) < 4.78 is 11.3. The van der Waals surface area contributed by atoms with E-state index in [1.165, 1.54) is 5.56 Å². The van der Waals surface area contributed by atoms with Crippen LogP contribution in [0.2, 0.25) is 0 Å². The van der Waals surface area contributed by atoms with E-state index in [0.29, 0.717) is 6.04 Å². The largest absolute Gasteiger partial charge is 0.492 e. The van der Waals surface area contributed by atoms with Crippen molar-refractivity contribution in [3.05, 3.63) is 53.5 Å². The summed E-state index contributed by atoms with van der Waals surface area (Å²) in [6.07, 6.45) is 1.01. The summed E-state index contributed by atoms with van der Waals surface area (Å²) in [5, 5.41) is 3.47. The van der Waals surface area contributed by atoms with Crippen molar-refractivity contribution in [1.82, 2.24) is 5.32 Å². The lowest BCUT2D eigenvalue weighted by atomic mass is 10.0. The third-order valence-corrected chi connectivity index (χ3v) is 3.24. The van der Waals surface area contributed by atoms with Crippen LogP contribution in [0.3, 0.4) is 0 Å². The van der Waals surface area contributed by atoms with Gasteiger partial charge in [0.1, 0.15) is 23.9 Å². The zero-order chi connectivity index (χ0) is 12.4. The molecule has 0 saturated heterocycles. The van der Waals surface area contributed by atoms with E-state index < -0.39 is 0 Å². The molecule has 0 aliphatic carbocycles. The third-order valence-electron chi connectivity index (χ3n) is 3.24. The van der Waals surface area contributed by atoms with Gasteiger partial charge in [0, 0.05) is 6.04 Å². The fourth-order valence-corrected chi connectivity index (χ4v) is 2.28. The Kier molecular flexibility index (Phi) is 3.07. The average Bonchev–Trinajstić information content (AvgIpc) is 2.82. The molecule has 94 valence electrons. The SMILES string of the molecule is Cc1ccc(CNC2COc3ccccc3C2)o1. The van der Waals surface area contributed by atoms with Crippen LogP contribution in [0, 0.1) is 6.92 Å². The predicted molar refractivity (Wildman–Crippen MR) is 69.7 cm³/mol. The lowest BCUT2D eigenvalue weighted by Crippen LogP contribution is -2.38. The first-order chi connectivity index (χ1) is 8.81. The van der Waals surface area contributed by atoms with Crippen molar-refractivity contribution >= 4 is 0 Å². The molecule has 3 heteroatoms. The van der Waals surface area contributed by atoms with Crippen LogP contribution in [0.4, 0.5) is 0 Å². The molecule has 18 heavy (non-hydrogen) atoms. The van der Waals surface area contributed by atoms with Gasteiger partial charge in [0.2, 0.25) is 0 Å². The van der Waals surface area contributed by atoms with Crippen molar-refractivity contribution < 1.29 is 9.15 Å². The number of para-hydroxylation sites is 1. The minimum Gasteiger partial charge on any atom is -0.492 e. The number of nitrogens with one attached hydrogen (secondary N) is 1. The van der Waals surface area contributed by atoms with Gasteiger partial charge in [-0.1, -0.05) is 18.2 Å². The number of rotatable bonds is 3. The van der Waals surface area contributed by atoms with Gasteiger partial charge in [0.25, 0.3) is 0 Å². The van der Waals surface area contributed by atoms with E-state index in [-0.39, 0.29) is 0 Å². The summed E-state index contributed by atoms with van der Waals surface area (Å²) in [7, 11) is 0. The van der Waals surface area contributed by atoms with E-state index in [1.807, 2.05) is 31.2 Å². The number of benzene rings is 1. The van der Waals surface area contributed by atoms with Crippen LogP contribution in [-0.4, -0.2) is 12.6 Å². The lowest BCUT2D eigenvalue weighted by Gasteiger charge is -2.25. The van der Waals surface area contributed by atoms with Crippen molar-refractivity contribution in [1.29, 1.82) is 0 Å². The van der Waals surface area contributed by atoms with Crippen molar-refractivity contribution in [2.24, 2.45) is 0 Å². The summed E-state index contributed by atoms with van der Waals surface area (Å²) in [5.41, 5.74) is 1.27. The molecule has 2 heterocycles. The van der Waals surface area contributed by atoms with E-state index in [4.69, 9.17) is 9.15 Å². The molecule has 1 aliphatic rings. The maximum absolute atomic E-state index is 5.74. The van der Waals surface area contributed by atoms with Gasteiger partial charge in [-0.15, -0.1) is 0 Å². The maximum atomic E-state index is 5.74. The second-order valence-electron chi connectivity index (χ2n) is 4.71. The van der Waals surface area contributed by atoms with Crippen LogP contribution >= 0.6 is 0 Å². The number of hydrogen-bond donors (Lipinski definition) is 1. The number of fused-ring (bicyclic) bond motifs is 1. The first-order valence-corrected chi connectivity index (χ1v) is 6.30. The molecule has 2 aromatic rings. The van der Waals surface area contributed by atoms with Gasteiger partial charge in [-0.05, 0) is 37.1 Å². The van der Waals surface area contributed by atoms with E-state index in [0.717, 1.165) is 36.8 Å². The molecule has 0 bridgehead atoms. The van der Waals surface area contributed by atoms with E-state index >= 15 is 0 Å². The molecule has 3 nitrogen and oxygen atoms in total. The summed E-state index contributed by atoms with van der Waals surface area (Å²) in [4.78, 5) is 0. The second-order valence-corrected chi connectivity index (χ2v) is 4.71. The molecule has 1 aliphatic heterocycles. The summed E-state index contributed by atoms with van der Waals surface area (Å²) in [6, 6.07) is 12.6. The van der Waals surface area contributed by atoms with Crippen LogP contribution in [-0.2, 0) is 13.0 Å². The Labute approximate surface area is 107 Å².